The highest BCUT2D eigenvalue weighted by Crippen LogP contribution is 2.12. The first-order chi connectivity index (χ1) is 6.20. The zero-order chi connectivity index (χ0) is 9.68. The molecule has 1 aliphatic rings. The van der Waals surface area contributed by atoms with Gasteiger partial charge in [0.15, 0.2) is 0 Å². The van der Waals surface area contributed by atoms with Crippen molar-refractivity contribution in [3.05, 3.63) is 12.2 Å². The zero-order valence-corrected chi connectivity index (χ0v) is 7.49. The van der Waals surface area contributed by atoms with Crippen LogP contribution in [0, 0.1) is 0 Å². The molecule has 0 saturated carbocycles. The molecule has 4 heteroatoms. The lowest BCUT2D eigenvalue weighted by molar-refractivity contribution is -0.133. The van der Waals surface area contributed by atoms with Crippen LogP contribution in [-0.2, 0) is 14.3 Å². The standard InChI is InChI=1S/C9H14O4/c1-7(9(10)11)5-12-6-8-3-2-4-13-8/h8H,1-6H2,(H,10,11). The quantitative estimate of drug-likeness (QED) is 0.646. The van der Waals surface area contributed by atoms with Crippen molar-refractivity contribution in [2.24, 2.45) is 0 Å². The molecule has 1 aliphatic heterocycles. The van der Waals surface area contributed by atoms with E-state index in [1.165, 1.54) is 0 Å². The van der Waals surface area contributed by atoms with Crippen LogP contribution < -0.4 is 0 Å². The first-order valence-electron chi connectivity index (χ1n) is 4.30. The Morgan fingerprint density at radius 1 is 1.69 bits per heavy atom. The lowest BCUT2D eigenvalue weighted by Crippen LogP contribution is -2.16. The van der Waals surface area contributed by atoms with Gasteiger partial charge in [0, 0.05) is 6.61 Å². The van der Waals surface area contributed by atoms with Crippen LogP contribution in [0.3, 0.4) is 0 Å². The minimum atomic E-state index is -1.01. The number of hydrogen-bond acceptors (Lipinski definition) is 3. The second kappa shape index (κ2) is 4.99. The molecule has 0 spiro atoms. The molecule has 4 nitrogen and oxygen atoms in total. The van der Waals surface area contributed by atoms with Crippen LogP contribution in [0.5, 0.6) is 0 Å². The van der Waals surface area contributed by atoms with E-state index in [0.717, 1.165) is 19.4 Å². The summed E-state index contributed by atoms with van der Waals surface area (Å²) in [5, 5.41) is 8.46. The van der Waals surface area contributed by atoms with Gasteiger partial charge in [-0.25, -0.2) is 4.79 Å². The van der Waals surface area contributed by atoms with Crippen LogP contribution >= 0.6 is 0 Å². The van der Waals surface area contributed by atoms with E-state index in [4.69, 9.17) is 14.6 Å². The smallest absolute Gasteiger partial charge is 0.333 e. The molecule has 0 aromatic carbocycles. The summed E-state index contributed by atoms with van der Waals surface area (Å²) < 4.78 is 10.4. The second-order valence-corrected chi connectivity index (χ2v) is 3.06. The maximum atomic E-state index is 10.3. The lowest BCUT2D eigenvalue weighted by Gasteiger charge is -2.09. The van der Waals surface area contributed by atoms with Gasteiger partial charge in [-0.05, 0) is 12.8 Å². The van der Waals surface area contributed by atoms with Gasteiger partial charge < -0.3 is 14.6 Å². The van der Waals surface area contributed by atoms with E-state index in [1.807, 2.05) is 0 Å². The topological polar surface area (TPSA) is 55.8 Å². The van der Waals surface area contributed by atoms with Crippen LogP contribution in [0.15, 0.2) is 12.2 Å². The van der Waals surface area contributed by atoms with Gasteiger partial charge in [-0.2, -0.15) is 0 Å². The summed E-state index contributed by atoms with van der Waals surface area (Å²) in [6.45, 7) is 4.68. The average molecular weight is 186 g/mol. The summed E-state index contributed by atoms with van der Waals surface area (Å²) in [4.78, 5) is 10.3. The van der Waals surface area contributed by atoms with Crippen molar-refractivity contribution in [2.45, 2.75) is 18.9 Å². The van der Waals surface area contributed by atoms with Gasteiger partial charge in [0.25, 0.3) is 0 Å². The highest BCUT2D eigenvalue weighted by Gasteiger charge is 2.15. The van der Waals surface area contributed by atoms with Crippen molar-refractivity contribution in [1.29, 1.82) is 0 Å². The fourth-order valence-electron chi connectivity index (χ4n) is 1.15. The minimum Gasteiger partial charge on any atom is -0.478 e. The fraction of sp³-hybridized carbons (Fsp3) is 0.667. The summed E-state index contributed by atoms with van der Waals surface area (Å²) in [6, 6.07) is 0. The molecule has 1 heterocycles. The van der Waals surface area contributed by atoms with Crippen molar-refractivity contribution in [3.63, 3.8) is 0 Å². The zero-order valence-electron chi connectivity index (χ0n) is 7.49. The molecule has 1 atom stereocenters. The molecule has 1 saturated heterocycles. The van der Waals surface area contributed by atoms with Gasteiger partial charge in [-0.1, -0.05) is 6.58 Å². The van der Waals surface area contributed by atoms with Crippen molar-refractivity contribution in [1.82, 2.24) is 0 Å². The van der Waals surface area contributed by atoms with E-state index in [1.54, 1.807) is 0 Å². The fourth-order valence-corrected chi connectivity index (χ4v) is 1.15. The van der Waals surface area contributed by atoms with Gasteiger partial charge in [-0.15, -0.1) is 0 Å². The predicted molar refractivity (Wildman–Crippen MR) is 46.6 cm³/mol. The van der Waals surface area contributed by atoms with Crippen molar-refractivity contribution in [2.75, 3.05) is 19.8 Å². The van der Waals surface area contributed by atoms with Crippen LogP contribution in [0.25, 0.3) is 0 Å². The number of rotatable bonds is 5. The molecule has 1 fully saturated rings. The van der Waals surface area contributed by atoms with Gasteiger partial charge in [0.1, 0.15) is 0 Å². The molecule has 0 aliphatic carbocycles. The number of aliphatic carboxylic acids is 1. The van der Waals surface area contributed by atoms with Crippen molar-refractivity contribution in [3.8, 4) is 0 Å². The summed E-state index contributed by atoms with van der Waals surface area (Å²) >= 11 is 0. The molecule has 1 rings (SSSR count). The summed E-state index contributed by atoms with van der Waals surface area (Å²) in [5.41, 5.74) is 0.0815. The molecule has 0 radical (unpaired) electrons. The first-order valence-corrected chi connectivity index (χ1v) is 4.30. The Labute approximate surface area is 77.1 Å². The molecule has 1 unspecified atom stereocenters. The Hall–Kier alpha value is -0.870. The predicted octanol–water partition coefficient (Wildman–Crippen LogP) is 0.823. The molecule has 0 aromatic heterocycles. The molecular formula is C9H14O4. The Bertz CT molecular complexity index is 194. The summed E-state index contributed by atoms with van der Waals surface area (Å²) in [7, 11) is 0. The SMILES string of the molecule is C=C(COCC1CCCO1)C(=O)O. The van der Waals surface area contributed by atoms with Gasteiger partial charge in [0.05, 0.1) is 24.9 Å². The van der Waals surface area contributed by atoms with Gasteiger partial charge >= 0.3 is 5.97 Å². The largest absolute Gasteiger partial charge is 0.478 e. The van der Waals surface area contributed by atoms with Crippen LogP contribution in [-0.4, -0.2) is 37.0 Å². The molecule has 74 valence electrons. The molecule has 0 aromatic rings. The Morgan fingerprint density at radius 3 is 3.00 bits per heavy atom. The lowest BCUT2D eigenvalue weighted by atomic mass is 10.2. The first kappa shape index (κ1) is 10.2. The number of carboxylic acids is 1. The Morgan fingerprint density at radius 2 is 2.46 bits per heavy atom. The maximum Gasteiger partial charge on any atom is 0.333 e. The molecular weight excluding hydrogens is 172 g/mol. The molecule has 13 heavy (non-hydrogen) atoms. The number of carbonyl (C=O) groups is 1. The van der Waals surface area contributed by atoms with Crippen molar-refractivity contribution < 1.29 is 19.4 Å². The third kappa shape index (κ3) is 3.57. The van der Waals surface area contributed by atoms with Crippen LogP contribution in [0.2, 0.25) is 0 Å². The third-order valence-electron chi connectivity index (χ3n) is 1.91. The molecule has 0 bridgehead atoms. The summed E-state index contributed by atoms with van der Waals surface area (Å²) in [5.74, 6) is -1.01. The highest BCUT2D eigenvalue weighted by atomic mass is 16.5. The highest BCUT2D eigenvalue weighted by molar-refractivity contribution is 5.85. The number of carboxylic acid groups (broad SMARTS) is 1. The maximum absolute atomic E-state index is 10.3. The molecule has 1 N–H and O–H groups in total. The van der Waals surface area contributed by atoms with E-state index < -0.39 is 5.97 Å². The van der Waals surface area contributed by atoms with Crippen LogP contribution in [0.4, 0.5) is 0 Å². The monoisotopic (exact) mass is 186 g/mol. The third-order valence-corrected chi connectivity index (χ3v) is 1.91. The van der Waals surface area contributed by atoms with E-state index in [0.29, 0.717) is 6.61 Å². The van der Waals surface area contributed by atoms with Gasteiger partial charge in [-0.3, -0.25) is 0 Å². The van der Waals surface area contributed by atoms with Gasteiger partial charge in [0.2, 0.25) is 0 Å². The molecule has 0 amide bonds. The van der Waals surface area contributed by atoms with Crippen molar-refractivity contribution >= 4 is 5.97 Å². The second-order valence-electron chi connectivity index (χ2n) is 3.06. The Kier molecular flexibility index (Phi) is 3.92. The Balaban J connectivity index is 2.06. The van der Waals surface area contributed by atoms with E-state index in [-0.39, 0.29) is 18.3 Å². The van der Waals surface area contributed by atoms with E-state index >= 15 is 0 Å². The normalized spacial score (nSPS) is 21.7. The minimum absolute atomic E-state index is 0.0786. The average Bonchev–Trinajstić information content (AvgIpc) is 2.56. The van der Waals surface area contributed by atoms with E-state index in [2.05, 4.69) is 6.58 Å². The number of hydrogen-bond donors (Lipinski definition) is 1. The number of ether oxygens (including phenoxy) is 2. The van der Waals surface area contributed by atoms with Crippen LogP contribution in [0.1, 0.15) is 12.8 Å². The van der Waals surface area contributed by atoms with E-state index in [9.17, 15) is 4.79 Å². The summed E-state index contributed by atoms with van der Waals surface area (Å²) in [6.07, 6.45) is 2.20.